The first kappa shape index (κ1) is 13.8. The third kappa shape index (κ3) is 4.92. The second-order valence-corrected chi connectivity index (χ2v) is 2.42. The summed E-state index contributed by atoms with van der Waals surface area (Å²) in [6, 6.07) is -0.938. The zero-order chi connectivity index (χ0) is 9.02. The molecule has 0 aliphatic rings. The van der Waals surface area contributed by atoms with Gasteiger partial charge in [-0.3, -0.25) is 14.5 Å². The SMILES string of the molecule is CN(C)[C@H](CC(=O)O)C(=O)O.Cl. The number of halogens is 1. The van der Waals surface area contributed by atoms with E-state index in [1.54, 1.807) is 0 Å². The van der Waals surface area contributed by atoms with Gasteiger partial charge in [0.25, 0.3) is 0 Å². The van der Waals surface area contributed by atoms with Crippen molar-refractivity contribution in [1.82, 2.24) is 4.90 Å². The average molecular weight is 198 g/mol. The molecule has 0 bridgehead atoms. The lowest BCUT2D eigenvalue weighted by Crippen LogP contribution is -2.37. The number of nitrogens with zero attached hydrogens (tertiary/aromatic N) is 1. The zero-order valence-electron chi connectivity index (χ0n) is 6.85. The van der Waals surface area contributed by atoms with Crippen molar-refractivity contribution in [1.29, 1.82) is 0 Å². The van der Waals surface area contributed by atoms with Gasteiger partial charge < -0.3 is 10.2 Å². The maximum Gasteiger partial charge on any atom is 0.321 e. The molecule has 2 N–H and O–H groups in total. The lowest BCUT2D eigenvalue weighted by molar-refractivity contribution is -0.148. The normalized spacial score (nSPS) is 11.9. The molecule has 0 fully saturated rings. The Morgan fingerprint density at radius 3 is 1.83 bits per heavy atom. The van der Waals surface area contributed by atoms with E-state index in [1.165, 1.54) is 19.0 Å². The van der Waals surface area contributed by atoms with Gasteiger partial charge >= 0.3 is 11.9 Å². The van der Waals surface area contributed by atoms with E-state index in [0.29, 0.717) is 0 Å². The van der Waals surface area contributed by atoms with Crippen molar-refractivity contribution < 1.29 is 19.8 Å². The molecule has 0 saturated heterocycles. The van der Waals surface area contributed by atoms with E-state index < -0.39 is 18.0 Å². The van der Waals surface area contributed by atoms with Crippen LogP contribution in [0.1, 0.15) is 6.42 Å². The maximum absolute atomic E-state index is 10.4. The first-order chi connectivity index (χ1) is 4.95. The number of likely N-dealkylation sites (N-methyl/N-ethyl adjacent to an activating group) is 1. The Morgan fingerprint density at radius 1 is 1.33 bits per heavy atom. The van der Waals surface area contributed by atoms with Crippen molar-refractivity contribution in [3.8, 4) is 0 Å². The van der Waals surface area contributed by atoms with E-state index in [1.807, 2.05) is 0 Å². The summed E-state index contributed by atoms with van der Waals surface area (Å²) in [5.41, 5.74) is 0. The van der Waals surface area contributed by atoms with E-state index in [0.717, 1.165) is 0 Å². The van der Waals surface area contributed by atoms with Crippen LogP contribution in [-0.2, 0) is 9.59 Å². The quantitative estimate of drug-likeness (QED) is 0.658. The molecule has 0 radical (unpaired) electrons. The average Bonchev–Trinajstić information content (AvgIpc) is 1.81. The molecular weight excluding hydrogens is 186 g/mol. The minimum atomic E-state index is -1.11. The first-order valence-electron chi connectivity index (χ1n) is 3.06. The Hall–Kier alpha value is -0.810. The van der Waals surface area contributed by atoms with Gasteiger partial charge in [0, 0.05) is 0 Å². The van der Waals surface area contributed by atoms with Crippen LogP contribution in [0.4, 0.5) is 0 Å². The van der Waals surface area contributed by atoms with Crippen LogP contribution >= 0.6 is 12.4 Å². The van der Waals surface area contributed by atoms with E-state index in [2.05, 4.69) is 0 Å². The summed E-state index contributed by atoms with van der Waals surface area (Å²) in [4.78, 5) is 21.9. The number of carbonyl (C=O) groups is 2. The van der Waals surface area contributed by atoms with Crippen LogP contribution in [0.5, 0.6) is 0 Å². The zero-order valence-corrected chi connectivity index (χ0v) is 7.67. The molecule has 6 heteroatoms. The summed E-state index contributed by atoms with van der Waals surface area (Å²) in [5, 5.41) is 16.8. The molecule has 0 spiro atoms. The summed E-state index contributed by atoms with van der Waals surface area (Å²) in [6.45, 7) is 0. The molecule has 0 aliphatic heterocycles. The third-order valence-corrected chi connectivity index (χ3v) is 1.28. The van der Waals surface area contributed by atoms with Crippen molar-refractivity contribution in [3.05, 3.63) is 0 Å². The highest BCUT2D eigenvalue weighted by molar-refractivity contribution is 5.85. The topological polar surface area (TPSA) is 77.8 Å². The summed E-state index contributed by atoms with van der Waals surface area (Å²) >= 11 is 0. The van der Waals surface area contributed by atoms with Crippen LogP contribution in [-0.4, -0.2) is 47.2 Å². The molecule has 0 unspecified atom stereocenters. The fraction of sp³-hybridized carbons (Fsp3) is 0.667. The van der Waals surface area contributed by atoms with Gasteiger partial charge in [-0.1, -0.05) is 0 Å². The molecule has 0 amide bonds. The number of carboxylic acid groups (broad SMARTS) is 2. The molecule has 5 nitrogen and oxygen atoms in total. The van der Waals surface area contributed by atoms with Crippen LogP contribution in [0.3, 0.4) is 0 Å². The highest BCUT2D eigenvalue weighted by Gasteiger charge is 2.22. The van der Waals surface area contributed by atoms with Gasteiger partial charge in [0.05, 0.1) is 6.42 Å². The fourth-order valence-electron chi connectivity index (χ4n) is 0.656. The lowest BCUT2D eigenvalue weighted by Gasteiger charge is -2.17. The van der Waals surface area contributed by atoms with Crippen molar-refractivity contribution in [2.75, 3.05) is 14.1 Å². The molecule has 0 aromatic carbocycles. The number of carboxylic acids is 2. The van der Waals surface area contributed by atoms with Gasteiger partial charge in [-0.15, -0.1) is 12.4 Å². The molecule has 0 aromatic rings. The van der Waals surface area contributed by atoms with Crippen LogP contribution in [0.25, 0.3) is 0 Å². The summed E-state index contributed by atoms with van der Waals surface area (Å²) < 4.78 is 0. The predicted molar refractivity (Wildman–Crippen MR) is 44.6 cm³/mol. The van der Waals surface area contributed by atoms with Crippen molar-refractivity contribution in [2.45, 2.75) is 12.5 Å². The van der Waals surface area contributed by atoms with Crippen LogP contribution in [0, 0.1) is 0 Å². The van der Waals surface area contributed by atoms with E-state index >= 15 is 0 Å². The van der Waals surface area contributed by atoms with Crippen LogP contribution in [0.15, 0.2) is 0 Å². The fourth-order valence-corrected chi connectivity index (χ4v) is 0.656. The maximum atomic E-state index is 10.4. The number of rotatable bonds is 4. The Kier molecular flexibility index (Phi) is 6.64. The van der Waals surface area contributed by atoms with Gasteiger partial charge in [0.15, 0.2) is 0 Å². The highest BCUT2D eigenvalue weighted by Crippen LogP contribution is 1.99. The standard InChI is InChI=1S/C6H11NO4.ClH/c1-7(2)4(6(10)11)3-5(8)9;/h4H,3H2,1-2H3,(H,8,9)(H,10,11);1H/t4-;/m1./s1. The van der Waals surface area contributed by atoms with Gasteiger partial charge in [-0.25, -0.2) is 0 Å². The molecule has 12 heavy (non-hydrogen) atoms. The van der Waals surface area contributed by atoms with E-state index in [-0.39, 0.29) is 18.8 Å². The Bertz CT molecular complexity index is 171. The second-order valence-electron chi connectivity index (χ2n) is 2.42. The molecule has 0 heterocycles. The predicted octanol–water partition coefficient (Wildman–Crippen LogP) is -0.102. The van der Waals surface area contributed by atoms with Gasteiger partial charge in [0.1, 0.15) is 6.04 Å². The Morgan fingerprint density at radius 2 is 1.75 bits per heavy atom. The van der Waals surface area contributed by atoms with E-state index in [9.17, 15) is 9.59 Å². The number of aliphatic carboxylic acids is 2. The summed E-state index contributed by atoms with van der Waals surface area (Å²) in [6.07, 6.45) is -0.373. The van der Waals surface area contributed by atoms with Crippen molar-refractivity contribution in [3.63, 3.8) is 0 Å². The molecule has 0 aliphatic carbocycles. The van der Waals surface area contributed by atoms with Gasteiger partial charge in [0.2, 0.25) is 0 Å². The smallest absolute Gasteiger partial charge is 0.321 e. The monoisotopic (exact) mass is 197 g/mol. The van der Waals surface area contributed by atoms with Crippen LogP contribution < -0.4 is 0 Å². The highest BCUT2D eigenvalue weighted by atomic mass is 35.5. The molecule has 0 aromatic heterocycles. The minimum Gasteiger partial charge on any atom is -0.481 e. The lowest BCUT2D eigenvalue weighted by atomic mass is 10.2. The second kappa shape index (κ2) is 5.79. The third-order valence-electron chi connectivity index (χ3n) is 1.28. The van der Waals surface area contributed by atoms with Crippen molar-refractivity contribution >= 4 is 24.3 Å². The van der Waals surface area contributed by atoms with E-state index in [4.69, 9.17) is 10.2 Å². The molecule has 0 saturated carbocycles. The first-order valence-corrected chi connectivity index (χ1v) is 3.06. The summed E-state index contributed by atoms with van der Waals surface area (Å²) in [5.74, 6) is -2.22. The largest absolute Gasteiger partial charge is 0.481 e. The molecule has 1 atom stereocenters. The van der Waals surface area contributed by atoms with Gasteiger partial charge in [-0.05, 0) is 14.1 Å². The summed E-state index contributed by atoms with van der Waals surface area (Å²) in [7, 11) is 3.06. The minimum absolute atomic E-state index is 0. The molecular formula is C6H12ClNO4. The van der Waals surface area contributed by atoms with Crippen LogP contribution in [0.2, 0.25) is 0 Å². The number of hydrogen-bond donors (Lipinski definition) is 2. The Labute approximate surface area is 76.4 Å². The molecule has 72 valence electrons. The van der Waals surface area contributed by atoms with Gasteiger partial charge in [-0.2, -0.15) is 0 Å². The number of hydrogen-bond acceptors (Lipinski definition) is 3. The Balaban J connectivity index is 0. The van der Waals surface area contributed by atoms with Crippen molar-refractivity contribution in [2.24, 2.45) is 0 Å². The molecule has 0 rings (SSSR count).